The van der Waals surface area contributed by atoms with E-state index in [4.69, 9.17) is 16.3 Å². The van der Waals surface area contributed by atoms with E-state index in [0.29, 0.717) is 11.6 Å². The number of thioether (sulfide) groups is 1. The molecule has 0 unspecified atom stereocenters. The Bertz CT molecular complexity index is 883. The van der Waals surface area contributed by atoms with Crippen molar-refractivity contribution < 1.29 is 14.3 Å². The number of amides is 2. The molecule has 0 radical (unpaired) electrons. The minimum Gasteiger partial charge on any atom is -0.497 e. The molecule has 0 spiro atoms. The number of benzene rings is 2. The molecule has 0 aromatic heterocycles. The van der Waals surface area contributed by atoms with Gasteiger partial charge in [0.15, 0.2) is 0 Å². The molecule has 1 N–H and O–H groups in total. The lowest BCUT2D eigenvalue weighted by Crippen LogP contribution is -2.50. The Morgan fingerprint density at radius 2 is 1.75 bits per heavy atom. The summed E-state index contributed by atoms with van der Waals surface area (Å²) in [5.41, 5.74) is 0.952. The van der Waals surface area contributed by atoms with E-state index in [2.05, 4.69) is 5.32 Å². The Kier molecular flexibility index (Phi) is 9.30. The highest BCUT2D eigenvalue weighted by atomic mass is 35.5. The van der Waals surface area contributed by atoms with E-state index in [0.717, 1.165) is 41.9 Å². The zero-order chi connectivity index (χ0) is 22.9. The van der Waals surface area contributed by atoms with Gasteiger partial charge in [0.05, 0.1) is 12.9 Å². The maximum Gasteiger partial charge on any atom is 0.242 e. The van der Waals surface area contributed by atoms with E-state index in [1.165, 1.54) is 18.2 Å². The Balaban J connectivity index is 1.69. The van der Waals surface area contributed by atoms with Crippen LogP contribution < -0.4 is 10.1 Å². The van der Waals surface area contributed by atoms with Crippen molar-refractivity contribution in [2.75, 3.05) is 12.9 Å². The van der Waals surface area contributed by atoms with E-state index in [-0.39, 0.29) is 23.6 Å². The topological polar surface area (TPSA) is 58.6 Å². The molecule has 1 fully saturated rings. The van der Waals surface area contributed by atoms with Crippen molar-refractivity contribution in [2.45, 2.75) is 62.6 Å². The second-order valence-corrected chi connectivity index (χ2v) is 9.62. The van der Waals surface area contributed by atoms with Crippen LogP contribution in [0.3, 0.4) is 0 Å². The van der Waals surface area contributed by atoms with Crippen LogP contribution in [-0.4, -0.2) is 41.7 Å². The van der Waals surface area contributed by atoms with Crippen molar-refractivity contribution in [3.63, 3.8) is 0 Å². The summed E-state index contributed by atoms with van der Waals surface area (Å²) in [4.78, 5) is 28.9. The molecule has 0 bridgehead atoms. The van der Waals surface area contributed by atoms with Crippen LogP contribution in [0.4, 0.5) is 0 Å². The number of rotatable bonds is 9. The predicted molar refractivity (Wildman–Crippen MR) is 130 cm³/mol. The quantitative estimate of drug-likeness (QED) is 0.500. The maximum atomic E-state index is 13.2. The lowest BCUT2D eigenvalue weighted by Gasteiger charge is -2.31. The standard InChI is InChI=1S/C25H31ClN2O3S/c1-18(25(30)27-21-6-4-3-5-7-21)28(16-19-8-12-22(31-2)13-9-19)24(29)17-32-23-14-10-20(26)11-15-23/h8-15,18,21H,3-7,16-17H2,1-2H3,(H,27,30)/t18-/m1/s1. The highest BCUT2D eigenvalue weighted by Crippen LogP contribution is 2.23. The second kappa shape index (κ2) is 12.2. The van der Waals surface area contributed by atoms with Crippen LogP contribution in [0.15, 0.2) is 53.4 Å². The lowest BCUT2D eigenvalue weighted by molar-refractivity contribution is -0.139. The molecule has 2 aromatic rings. The first kappa shape index (κ1) is 24.5. The van der Waals surface area contributed by atoms with Crippen LogP contribution >= 0.6 is 23.4 Å². The summed E-state index contributed by atoms with van der Waals surface area (Å²) in [6, 6.07) is 14.7. The summed E-state index contributed by atoms with van der Waals surface area (Å²) in [6.07, 6.45) is 5.54. The fourth-order valence-corrected chi connectivity index (χ4v) is 4.75. The van der Waals surface area contributed by atoms with Crippen molar-refractivity contribution >= 4 is 35.2 Å². The molecule has 5 nitrogen and oxygen atoms in total. The lowest BCUT2D eigenvalue weighted by atomic mass is 9.95. The monoisotopic (exact) mass is 474 g/mol. The third-order valence-corrected chi connectivity index (χ3v) is 7.06. The zero-order valence-corrected chi connectivity index (χ0v) is 20.3. The van der Waals surface area contributed by atoms with Gasteiger partial charge in [-0.1, -0.05) is 43.0 Å². The summed E-state index contributed by atoms with van der Waals surface area (Å²) >= 11 is 7.40. The van der Waals surface area contributed by atoms with Crippen molar-refractivity contribution in [1.29, 1.82) is 0 Å². The van der Waals surface area contributed by atoms with Crippen molar-refractivity contribution in [2.24, 2.45) is 0 Å². The Hall–Kier alpha value is -2.18. The molecule has 0 aliphatic heterocycles. The van der Waals surface area contributed by atoms with Crippen molar-refractivity contribution in [3.05, 3.63) is 59.1 Å². The van der Waals surface area contributed by atoms with Crippen LogP contribution in [0.5, 0.6) is 5.75 Å². The third kappa shape index (κ3) is 7.17. The number of hydrogen-bond acceptors (Lipinski definition) is 4. The number of halogens is 1. The van der Waals surface area contributed by atoms with E-state index < -0.39 is 6.04 Å². The molecule has 1 atom stereocenters. The van der Waals surface area contributed by atoms with E-state index in [1.54, 1.807) is 12.0 Å². The van der Waals surface area contributed by atoms with Gasteiger partial charge < -0.3 is 15.0 Å². The Morgan fingerprint density at radius 3 is 2.38 bits per heavy atom. The molecule has 1 saturated carbocycles. The minimum absolute atomic E-state index is 0.0768. The predicted octanol–water partition coefficient (Wildman–Crippen LogP) is 5.31. The van der Waals surface area contributed by atoms with E-state index >= 15 is 0 Å². The highest BCUT2D eigenvalue weighted by molar-refractivity contribution is 8.00. The first-order valence-corrected chi connectivity index (χ1v) is 12.4. The van der Waals surface area contributed by atoms with Crippen LogP contribution in [0.2, 0.25) is 5.02 Å². The van der Waals surface area contributed by atoms with Gasteiger partial charge in [0.1, 0.15) is 11.8 Å². The smallest absolute Gasteiger partial charge is 0.242 e. The molecule has 2 aromatic carbocycles. The molecule has 1 aliphatic rings. The van der Waals surface area contributed by atoms with Gasteiger partial charge >= 0.3 is 0 Å². The number of methoxy groups -OCH3 is 1. The van der Waals surface area contributed by atoms with Crippen molar-refractivity contribution in [1.82, 2.24) is 10.2 Å². The molecule has 32 heavy (non-hydrogen) atoms. The van der Waals surface area contributed by atoms with Gasteiger partial charge in [-0.3, -0.25) is 9.59 Å². The fraction of sp³-hybridized carbons (Fsp3) is 0.440. The van der Waals surface area contributed by atoms with Crippen LogP contribution in [0.1, 0.15) is 44.6 Å². The van der Waals surface area contributed by atoms with Gasteiger partial charge in [-0.05, 0) is 61.7 Å². The normalized spacial score (nSPS) is 15.1. The maximum absolute atomic E-state index is 13.2. The zero-order valence-electron chi connectivity index (χ0n) is 18.7. The summed E-state index contributed by atoms with van der Waals surface area (Å²) in [5.74, 6) is 0.842. The average molecular weight is 475 g/mol. The molecule has 172 valence electrons. The number of ether oxygens (including phenoxy) is 1. The molecule has 2 amide bonds. The number of carbonyl (C=O) groups is 2. The van der Waals surface area contributed by atoms with Crippen LogP contribution in [0.25, 0.3) is 0 Å². The van der Waals surface area contributed by atoms with Gasteiger partial charge in [-0.25, -0.2) is 0 Å². The first-order chi connectivity index (χ1) is 15.5. The summed E-state index contributed by atoms with van der Waals surface area (Å²) in [7, 11) is 1.62. The fourth-order valence-electron chi connectivity index (χ4n) is 3.84. The largest absolute Gasteiger partial charge is 0.497 e. The summed E-state index contributed by atoms with van der Waals surface area (Å²) in [6.45, 7) is 2.18. The SMILES string of the molecule is COc1ccc(CN(C(=O)CSc2ccc(Cl)cc2)[C@H](C)C(=O)NC2CCCCC2)cc1. The van der Waals surface area contributed by atoms with Crippen LogP contribution in [0, 0.1) is 0 Å². The van der Waals surface area contributed by atoms with Gasteiger partial charge in [0.25, 0.3) is 0 Å². The van der Waals surface area contributed by atoms with E-state index in [1.807, 2.05) is 55.5 Å². The number of nitrogens with one attached hydrogen (secondary N) is 1. The van der Waals surface area contributed by atoms with Gasteiger partial charge in [0, 0.05) is 22.5 Å². The molecule has 1 aliphatic carbocycles. The molecule has 0 heterocycles. The van der Waals surface area contributed by atoms with Crippen molar-refractivity contribution in [3.8, 4) is 5.75 Å². The highest BCUT2D eigenvalue weighted by Gasteiger charge is 2.28. The minimum atomic E-state index is -0.558. The first-order valence-electron chi connectivity index (χ1n) is 11.1. The number of carbonyl (C=O) groups excluding carboxylic acids is 2. The van der Waals surface area contributed by atoms with Crippen LogP contribution in [-0.2, 0) is 16.1 Å². The van der Waals surface area contributed by atoms with E-state index in [9.17, 15) is 9.59 Å². The van der Waals surface area contributed by atoms with Gasteiger partial charge in [0.2, 0.25) is 11.8 Å². The Morgan fingerprint density at radius 1 is 1.09 bits per heavy atom. The Labute approximate surface area is 199 Å². The van der Waals surface area contributed by atoms with Gasteiger partial charge in [-0.2, -0.15) is 0 Å². The number of nitrogens with zero attached hydrogens (tertiary/aromatic N) is 1. The molecular formula is C25H31ClN2O3S. The summed E-state index contributed by atoms with van der Waals surface area (Å²) in [5, 5.41) is 3.83. The molecule has 3 rings (SSSR count). The second-order valence-electron chi connectivity index (χ2n) is 8.13. The third-order valence-electron chi connectivity index (χ3n) is 5.81. The van der Waals surface area contributed by atoms with Gasteiger partial charge in [-0.15, -0.1) is 11.8 Å². The molecule has 0 saturated heterocycles. The number of hydrogen-bond donors (Lipinski definition) is 1. The molecule has 7 heteroatoms. The average Bonchev–Trinajstić information content (AvgIpc) is 2.82. The summed E-state index contributed by atoms with van der Waals surface area (Å²) < 4.78 is 5.23. The molecular weight excluding hydrogens is 444 g/mol.